The summed E-state index contributed by atoms with van der Waals surface area (Å²) >= 11 is 12.1. The molecule has 1 N–H and O–H groups in total. The lowest BCUT2D eigenvalue weighted by atomic mass is 10.1. The van der Waals surface area contributed by atoms with E-state index in [0.29, 0.717) is 17.1 Å². The summed E-state index contributed by atoms with van der Waals surface area (Å²) in [7, 11) is -1.01. The lowest BCUT2D eigenvalue weighted by Gasteiger charge is -2.26. The van der Waals surface area contributed by atoms with Gasteiger partial charge in [-0.15, -0.1) is 0 Å². The summed E-state index contributed by atoms with van der Waals surface area (Å²) in [6.07, 6.45) is 0. The zero-order chi connectivity index (χ0) is 24.9. The van der Waals surface area contributed by atoms with Crippen molar-refractivity contribution in [3.8, 4) is 11.5 Å². The Balaban J connectivity index is 1.92. The molecule has 3 aromatic carbocycles. The lowest BCUT2D eigenvalue weighted by Crippen LogP contribution is -2.41. The summed E-state index contributed by atoms with van der Waals surface area (Å²) in [6.45, 7) is 1.29. The van der Waals surface area contributed by atoms with Crippen LogP contribution in [0.2, 0.25) is 10.0 Å². The predicted octanol–water partition coefficient (Wildman–Crippen LogP) is 5.08. The highest BCUT2D eigenvalue weighted by molar-refractivity contribution is 7.92. The lowest BCUT2D eigenvalue weighted by molar-refractivity contribution is -0.120. The molecular weight excluding hydrogens is 499 g/mol. The second-order valence-electron chi connectivity index (χ2n) is 7.32. The van der Waals surface area contributed by atoms with Gasteiger partial charge in [0, 0.05) is 5.56 Å². The highest BCUT2D eigenvalue weighted by atomic mass is 35.5. The number of hydrogen-bond donors (Lipinski definition) is 1. The quantitative estimate of drug-likeness (QED) is 0.423. The average Bonchev–Trinajstić information content (AvgIpc) is 2.84. The van der Waals surface area contributed by atoms with E-state index in [0.717, 1.165) is 4.31 Å². The van der Waals surface area contributed by atoms with Crippen LogP contribution in [0, 0.1) is 0 Å². The van der Waals surface area contributed by atoms with E-state index in [1.807, 2.05) is 0 Å². The van der Waals surface area contributed by atoms with Gasteiger partial charge in [-0.2, -0.15) is 0 Å². The van der Waals surface area contributed by atoms with E-state index in [-0.39, 0.29) is 20.6 Å². The first-order valence-corrected chi connectivity index (χ1v) is 12.4. The second kappa shape index (κ2) is 11.0. The number of carbonyl (C=O) groups is 1. The van der Waals surface area contributed by atoms with Gasteiger partial charge in [0.05, 0.1) is 40.9 Å². The van der Waals surface area contributed by atoms with E-state index in [1.54, 1.807) is 50.4 Å². The van der Waals surface area contributed by atoms with Crippen molar-refractivity contribution in [3.05, 3.63) is 82.3 Å². The van der Waals surface area contributed by atoms with Crippen molar-refractivity contribution in [1.82, 2.24) is 5.32 Å². The number of rotatable bonds is 9. The van der Waals surface area contributed by atoms with E-state index in [4.69, 9.17) is 32.7 Å². The van der Waals surface area contributed by atoms with Gasteiger partial charge in [-0.1, -0.05) is 41.4 Å². The van der Waals surface area contributed by atoms with Gasteiger partial charge >= 0.3 is 0 Å². The number of ether oxygens (including phenoxy) is 2. The molecule has 1 amide bonds. The smallest absolute Gasteiger partial charge is 0.264 e. The summed E-state index contributed by atoms with van der Waals surface area (Å²) in [5, 5.41) is 3.27. The van der Waals surface area contributed by atoms with Gasteiger partial charge in [0.25, 0.3) is 10.0 Å². The molecule has 0 radical (unpaired) electrons. The number of halogens is 2. The average molecular weight is 523 g/mol. The van der Waals surface area contributed by atoms with Gasteiger partial charge < -0.3 is 14.8 Å². The summed E-state index contributed by atoms with van der Waals surface area (Å²) in [6, 6.07) is 17.0. The van der Waals surface area contributed by atoms with E-state index in [2.05, 4.69) is 5.32 Å². The van der Waals surface area contributed by atoms with Crippen molar-refractivity contribution in [2.75, 3.05) is 25.1 Å². The van der Waals surface area contributed by atoms with Crippen molar-refractivity contribution < 1.29 is 22.7 Å². The van der Waals surface area contributed by atoms with Crippen molar-refractivity contribution >= 4 is 44.8 Å². The van der Waals surface area contributed by atoms with Crippen LogP contribution in [0.1, 0.15) is 18.5 Å². The molecule has 0 aliphatic heterocycles. The molecule has 0 bridgehead atoms. The first kappa shape index (κ1) is 25.7. The van der Waals surface area contributed by atoms with Crippen molar-refractivity contribution in [2.45, 2.75) is 17.9 Å². The maximum absolute atomic E-state index is 13.4. The highest BCUT2D eigenvalue weighted by Gasteiger charge is 2.28. The van der Waals surface area contributed by atoms with Gasteiger partial charge in [0.1, 0.15) is 18.0 Å². The molecule has 10 heteroatoms. The monoisotopic (exact) mass is 522 g/mol. The van der Waals surface area contributed by atoms with Gasteiger partial charge in [0.15, 0.2) is 0 Å². The fourth-order valence-corrected chi connectivity index (χ4v) is 5.07. The number of hydrogen-bond acceptors (Lipinski definition) is 5. The van der Waals surface area contributed by atoms with Crippen LogP contribution in [0.3, 0.4) is 0 Å². The van der Waals surface area contributed by atoms with E-state index in [1.165, 1.54) is 37.4 Å². The number of nitrogens with one attached hydrogen (secondary N) is 1. The van der Waals surface area contributed by atoms with Gasteiger partial charge in [-0.3, -0.25) is 9.10 Å². The molecule has 34 heavy (non-hydrogen) atoms. The first-order chi connectivity index (χ1) is 16.2. The molecule has 3 rings (SSSR count). The number of nitrogens with zero attached hydrogens (tertiary/aromatic N) is 1. The molecule has 180 valence electrons. The van der Waals surface area contributed by atoms with E-state index < -0.39 is 28.5 Å². The Labute approximate surface area is 209 Å². The molecule has 0 aliphatic rings. The normalized spacial score (nSPS) is 12.0. The third-order valence-corrected chi connectivity index (χ3v) is 7.62. The minimum absolute atomic E-state index is 0.0383. The van der Waals surface area contributed by atoms with Crippen LogP contribution < -0.4 is 19.1 Å². The Hall–Kier alpha value is -2.94. The molecular formula is C24H24Cl2N2O5S. The number of sulfonamides is 1. The standard InChI is InChI=1S/C24H24Cl2N2O5S/c1-16(20-14-18(32-2)10-12-23(20)33-3)27-24(29)15-28(17-9-11-21(25)22(26)13-17)34(30,31)19-7-5-4-6-8-19/h4-14,16H,15H2,1-3H3,(H,27,29)/t16-/m1/s1. The summed E-state index contributed by atoms with van der Waals surface area (Å²) in [5.41, 5.74) is 0.891. The van der Waals surface area contributed by atoms with Crippen LogP contribution in [0.25, 0.3) is 0 Å². The third-order valence-electron chi connectivity index (χ3n) is 5.09. The minimum Gasteiger partial charge on any atom is -0.497 e. The zero-order valence-corrected chi connectivity index (χ0v) is 21.1. The second-order valence-corrected chi connectivity index (χ2v) is 10.00. The number of methoxy groups -OCH3 is 2. The Morgan fingerprint density at radius 3 is 2.29 bits per heavy atom. The molecule has 1 atom stereocenters. The molecule has 0 saturated carbocycles. The SMILES string of the molecule is COc1ccc(OC)c([C@@H](C)NC(=O)CN(c2ccc(Cl)c(Cl)c2)S(=O)(=O)c2ccccc2)c1. The Bertz CT molecular complexity index is 1270. The third kappa shape index (κ3) is 5.75. The van der Waals surface area contributed by atoms with E-state index in [9.17, 15) is 13.2 Å². The largest absolute Gasteiger partial charge is 0.497 e. The van der Waals surface area contributed by atoms with Gasteiger partial charge in [0.2, 0.25) is 5.91 Å². The fraction of sp³-hybridized carbons (Fsp3) is 0.208. The van der Waals surface area contributed by atoms with Crippen LogP contribution >= 0.6 is 23.2 Å². The molecule has 7 nitrogen and oxygen atoms in total. The Kier molecular flexibility index (Phi) is 8.30. The summed E-state index contributed by atoms with van der Waals surface area (Å²) in [4.78, 5) is 13.1. The zero-order valence-electron chi connectivity index (χ0n) is 18.8. The molecule has 0 aromatic heterocycles. The molecule has 0 saturated heterocycles. The summed E-state index contributed by atoms with van der Waals surface area (Å²) in [5.74, 6) is 0.635. The number of anilines is 1. The Morgan fingerprint density at radius 2 is 1.68 bits per heavy atom. The Morgan fingerprint density at radius 1 is 0.971 bits per heavy atom. The van der Waals surface area contributed by atoms with Crippen molar-refractivity contribution in [1.29, 1.82) is 0 Å². The molecule has 0 aliphatic carbocycles. The maximum atomic E-state index is 13.4. The van der Waals surface area contributed by atoms with Crippen LogP contribution in [-0.4, -0.2) is 35.1 Å². The van der Waals surface area contributed by atoms with Gasteiger partial charge in [-0.25, -0.2) is 8.42 Å². The number of benzene rings is 3. The van der Waals surface area contributed by atoms with E-state index >= 15 is 0 Å². The molecule has 0 unspecified atom stereocenters. The van der Waals surface area contributed by atoms with Crippen LogP contribution in [0.15, 0.2) is 71.6 Å². The molecule has 0 spiro atoms. The molecule has 0 heterocycles. The topological polar surface area (TPSA) is 84.9 Å². The molecule has 3 aromatic rings. The molecule has 0 fully saturated rings. The van der Waals surface area contributed by atoms with Gasteiger partial charge in [-0.05, 0) is 55.5 Å². The van der Waals surface area contributed by atoms with Crippen LogP contribution in [-0.2, 0) is 14.8 Å². The number of amides is 1. The van der Waals surface area contributed by atoms with Crippen molar-refractivity contribution in [3.63, 3.8) is 0 Å². The maximum Gasteiger partial charge on any atom is 0.264 e. The summed E-state index contributed by atoms with van der Waals surface area (Å²) < 4.78 is 38.5. The number of carbonyl (C=O) groups excluding carboxylic acids is 1. The van der Waals surface area contributed by atoms with Crippen LogP contribution in [0.4, 0.5) is 5.69 Å². The fourth-order valence-electron chi connectivity index (χ4n) is 3.35. The predicted molar refractivity (Wildman–Crippen MR) is 134 cm³/mol. The van der Waals surface area contributed by atoms with Crippen molar-refractivity contribution in [2.24, 2.45) is 0 Å². The van der Waals surface area contributed by atoms with Crippen LogP contribution in [0.5, 0.6) is 11.5 Å². The first-order valence-electron chi connectivity index (χ1n) is 10.2. The highest BCUT2D eigenvalue weighted by Crippen LogP contribution is 2.31. The minimum atomic E-state index is -4.08.